The Bertz CT molecular complexity index is 996. The molecule has 3 aliphatic rings. The number of hydrogen-bond acceptors (Lipinski definition) is 6. The summed E-state index contributed by atoms with van der Waals surface area (Å²) in [5.41, 5.74) is 2.71. The molecule has 0 spiro atoms. The van der Waals surface area contributed by atoms with Crippen LogP contribution < -0.4 is 10.2 Å². The van der Waals surface area contributed by atoms with E-state index in [0.717, 1.165) is 29.1 Å². The fraction of sp³-hybridized carbons (Fsp3) is 0.542. The summed E-state index contributed by atoms with van der Waals surface area (Å²) >= 11 is 6.55. The number of piperidine rings is 2. The number of fused-ring (bicyclic) bond motifs is 1. The van der Waals surface area contributed by atoms with Crippen LogP contribution in [0.2, 0.25) is 5.02 Å². The second kappa shape index (κ2) is 8.64. The number of hydrogen-bond donors (Lipinski definition) is 1. The first-order valence-corrected chi connectivity index (χ1v) is 11.8. The smallest absolute Gasteiger partial charge is 0.229 e. The molecule has 3 fully saturated rings. The molecule has 1 saturated carbocycles. The van der Waals surface area contributed by atoms with E-state index in [1.165, 1.54) is 51.6 Å². The lowest BCUT2D eigenvalue weighted by Crippen LogP contribution is -2.56. The monoisotopic (exact) mass is 436 g/mol. The summed E-state index contributed by atoms with van der Waals surface area (Å²) < 4.78 is 0. The first kappa shape index (κ1) is 20.5. The molecule has 162 valence electrons. The molecule has 1 aromatic heterocycles. The zero-order valence-electron chi connectivity index (χ0n) is 18.0. The molecular formula is C24H29ClN6. The summed E-state index contributed by atoms with van der Waals surface area (Å²) in [5.74, 6) is 1.82. The van der Waals surface area contributed by atoms with Crippen LogP contribution in [0.1, 0.15) is 62.0 Å². The predicted molar refractivity (Wildman–Crippen MR) is 124 cm³/mol. The van der Waals surface area contributed by atoms with Crippen LogP contribution >= 0.6 is 11.6 Å². The van der Waals surface area contributed by atoms with Crippen LogP contribution in [0.5, 0.6) is 0 Å². The van der Waals surface area contributed by atoms with Crippen LogP contribution in [0.4, 0.5) is 17.5 Å². The summed E-state index contributed by atoms with van der Waals surface area (Å²) in [5, 5.41) is 13.4. The summed E-state index contributed by atoms with van der Waals surface area (Å²) in [6.07, 6.45) is 10.3. The number of anilines is 3. The fourth-order valence-corrected chi connectivity index (χ4v) is 5.54. The fourth-order valence-electron chi connectivity index (χ4n) is 5.31. The van der Waals surface area contributed by atoms with Crippen molar-refractivity contribution in [2.75, 3.05) is 30.4 Å². The Morgan fingerprint density at radius 2 is 2.00 bits per heavy atom. The minimum absolute atomic E-state index is 0.414. The van der Waals surface area contributed by atoms with Gasteiger partial charge in [0.1, 0.15) is 5.02 Å². The third-order valence-corrected chi connectivity index (χ3v) is 7.32. The van der Waals surface area contributed by atoms with E-state index in [-0.39, 0.29) is 0 Å². The Balaban J connectivity index is 1.37. The van der Waals surface area contributed by atoms with Crippen LogP contribution in [-0.2, 0) is 0 Å². The van der Waals surface area contributed by atoms with E-state index >= 15 is 0 Å². The van der Waals surface area contributed by atoms with E-state index < -0.39 is 0 Å². The van der Waals surface area contributed by atoms with Crippen molar-refractivity contribution >= 4 is 29.1 Å². The van der Waals surface area contributed by atoms with Gasteiger partial charge in [-0.1, -0.05) is 24.1 Å². The van der Waals surface area contributed by atoms with Crippen molar-refractivity contribution in [2.24, 2.45) is 0 Å². The zero-order valence-corrected chi connectivity index (χ0v) is 18.8. The first-order chi connectivity index (χ1) is 15.1. The number of rotatable bonds is 5. The average Bonchev–Trinajstić information content (AvgIpc) is 3.65. The number of likely N-dealkylation sites (N-methyl/N-ethyl adjacent to an activating group) is 1. The average molecular weight is 437 g/mol. The van der Waals surface area contributed by atoms with Crippen LogP contribution in [0.25, 0.3) is 0 Å². The Morgan fingerprint density at radius 1 is 1.16 bits per heavy atom. The zero-order chi connectivity index (χ0) is 21.4. The lowest BCUT2D eigenvalue weighted by molar-refractivity contribution is 0.0894. The van der Waals surface area contributed by atoms with Crippen LogP contribution in [0.15, 0.2) is 24.4 Å². The highest BCUT2D eigenvalue weighted by molar-refractivity contribution is 6.32. The highest BCUT2D eigenvalue weighted by Crippen LogP contribution is 2.42. The molecule has 31 heavy (non-hydrogen) atoms. The molecule has 6 nitrogen and oxygen atoms in total. The normalized spacial score (nSPS) is 23.6. The molecule has 0 bridgehead atoms. The van der Waals surface area contributed by atoms with Crippen LogP contribution in [-0.4, -0.2) is 47.1 Å². The van der Waals surface area contributed by atoms with Gasteiger partial charge in [0.15, 0.2) is 5.82 Å². The molecule has 2 saturated heterocycles. The number of nitrogens with one attached hydrogen (secondary N) is 1. The maximum atomic E-state index is 9.54. The Hall–Kier alpha value is -2.36. The van der Waals surface area contributed by atoms with Gasteiger partial charge in [-0.05, 0) is 75.2 Å². The van der Waals surface area contributed by atoms with Crippen LogP contribution in [0.3, 0.4) is 0 Å². The lowest BCUT2D eigenvalue weighted by Gasteiger charge is -2.47. The van der Waals surface area contributed by atoms with Crippen molar-refractivity contribution in [3.8, 4) is 6.07 Å². The quantitative estimate of drug-likeness (QED) is 0.705. The summed E-state index contributed by atoms with van der Waals surface area (Å²) in [6.45, 7) is 2.41. The topological polar surface area (TPSA) is 68.1 Å². The summed E-state index contributed by atoms with van der Waals surface area (Å²) in [6, 6.07) is 9.29. The molecule has 2 aromatic rings. The molecule has 2 aliphatic heterocycles. The van der Waals surface area contributed by atoms with Gasteiger partial charge >= 0.3 is 0 Å². The van der Waals surface area contributed by atoms with Crippen LogP contribution in [0, 0.1) is 11.3 Å². The molecular weight excluding hydrogens is 408 g/mol. The molecule has 3 heterocycles. The van der Waals surface area contributed by atoms with Gasteiger partial charge in [0.25, 0.3) is 0 Å². The van der Waals surface area contributed by atoms with Crippen molar-refractivity contribution in [1.82, 2.24) is 14.9 Å². The van der Waals surface area contributed by atoms with Gasteiger partial charge < -0.3 is 10.2 Å². The SMILES string of the molecule is CN(c1nc(Nc2ccc(C3CC3)c(C#N)c2)ncc1Cl)[C@H]1CCCN2CCCC[C@H]12. The van der Waals surface area contributed by atoms with Crippen molar-refractivity contribution in [3.63, 3.8) is 0 Å². The molecule has 1 aliphatic carbocycles. The standard InChI is InChI=1S/C24H29ClN6/c1-30(21-6-4-12-31-11-3-2-5-22(21)31)23-20(25)15-27-24(29-23)28-18-9-10-19(16-7-8-16)17(13-18)14-26/h9-10,13,15-16,21-22H,2-8,11-12H2,1H3,(H,27,28,29)/t21-,22+/m0/s1. The lowest BCUT2D eigenvalue weighted by atomic mass is 9.88. The minimum Gasteiger partial charge on any atom is -0.354 e. The first-order valence-electron chi connectivity index (χ1n) is 11.4. The second-order valence-corrected chi connectivity index (χ2v) is 9.51. The second-order valence-electron chi connectivity index (χ2n) is 9.10. The number of aromatic nitrogens is 2. The van der Waals surface area contributed by atoms with Gasteiger partial charge in [-0.15, -0.1) is 0 Å². The number of nitrogens with zero attached hydrogens (tertiary/aromatic N) is 5. The molecule has 0 unspecified atom stereocenters. The summed E-state index contributed by atoms with van der Waals surface area (Å²) in [4.78, 5) is 14.1. The van der Waals surface area contributed by atoms with Crippen molar-refractivity contribution < 1.29 is 0 Å². The summed E-state index contributed by atoms with van der Waals surface area (Å²) in [7, 11) is 2.11. The Labute approximate surface area is 189 Å². The molecule has 0 radical (unpaired) electrons. The Kier molecular flexibility index (Phi) is 5.73. The third kappa shape index (κ3) is 4.22. The highest BCUT2D eigenvalue weighted by atomic mass is 35.5. The molecule has 1 aromatic carbocycles. The van der Waals surface area contributed by atoms with Gasteiger partial charge in [-0.2, -0.15) is 10.2 Å². The largest absolute Gasteiger partial charge is 0.354 e. The van der Waals surface area contributed by atoms with Crippen molar-refractivity contribution in [1.29, 1.82) is 5.26 Å². The van der Waals surface area contributed by atoms with Gasteiger partial charge in [-0.25, -0.2) is 4.98 Å². The van der Waals surface area contributed by atoms with E-state index in [2.05, 4.69) is 39.3 Å². The molecule has 1 N–H and O–H groups in total. The van der Waals surface area contributed by atoms with Gasteiger partial charge in [-0.3, -0.25) is 4.90 Å². The highest BCUT2D eigenvalue weighted by Gasteiger charge is 2.36. The third-order valence-electron chi connectivity index (χ3n) is 7.06. The molecule has 7 heteroatoms. The maximum absolute atomic E-state index is 9.54. The van der Waals surface area contributed by atoms with Crippen molar-refractivity contribution in [3.05, 3.63) is 40.5 Å². The van der Waals surface area contributed by atoms with Gasteiger partial charge in [0, 0.05) is 24.8 Å². The van der Waals surface area contributed by atoms with Crippen molar-refractivity contribution in [2.45, 2.75) is 62.9 Å². The Morgan fingerprint density at radius 3 is 2.81 bits per heavy atom. The molecule has 5 rings (SSSR count). The van der Waals surface area contributed by atoms with E-state index in [4.69, 9.17) is 16.6 Å². The molecule has 2 atom stereocenters. The predicted octanol–water partition coefficient (Wildman–Crippen LogP) is 5.08. The number of nitriles is 1. The van der Waals surface area contributed by atoms with E-state index in [1.54, 1.807) is 6.20 Å². The van der Waals surface area contributed by atoms with E-state index in [1.807, 2.05) is 12.1 Å². The maximum Gasteiger partial charge on any atom is 0.229 e. The van der Waals surface area contributed by atoms with Gasteiger partial charge in [0.2, 0.25) is 5.95 Å². The van der Waals surface area contributed by atoms with Gasteiger partial charge in [0.05, 0.1) is 17.8 Å². The van der Waals surface area contributed by atoms with E-state index in [9.17, 15) is 5.26 Å². The molecule has 0 amide bonds. The number of benzene rings is 1. The number of halogens is 1. The minimum atomic E-state index is 0.414. The van der Waals surface area contributed by atoms with E-state index in [0.29, 0.717) is 29.0 Å².